The molecule has 2 aromatic rings. The number of benzene rings is 1. The van der Waals surface area contributed by atoms with E-state index >= 15 is 0 Å². The molecule has 8 heteroatoms. The molecule has 0 spiro atoms. The van der Waals surface area contributed by atoms with E-state index in [-0.39, 0.29) is 16.6 Å². The molecule has 1 aromatic heterocycles. The van der Waals surface area contributed by atoms with Gasteiger partial charge in [-0.3, -0.25) is 9.52 Å². The molecule has 1 amide bonds. The number of nitrogens with zero attached hydrogens (tertiary/aromatic N) is 1. The van der Waals surface area contributed by atoms with E-state index in [9.17, 15) is 13.2 Å². The normalized spacial score (nSPS) is 11.0. The van der Waals surface area contributed by atoms with Crippen LogP contribution < -0.4 is 10.0 Å². The van der Waals surface area contributed by atoms with Crippen molar-refractivity contribution in [1.82, 2.24) is 4.98 Å². The topological polar surface area (TPSA) is 88.2 Å². The van der Waals surface area contributed by atoms with E-state index in [1.54, 1.807) is 6.07 Å². The molecule has 0 saturated carbocycles. The summed E-state index contributed by atoms with van der Waals surface area (Å²) in [4.78, 5) is 15.0. The van der Waals surface area contributed by atoms with Crippen LogP contribution in [0.2, 0.25) is 0 Å². The molecule has 22 heavy (non-hydrogen) atoms. The molecule has 0 bridgehead atoms. The Hall–Kier alpha value is -1.93. The fourth-order valence-corrected chi connectivity index (χ4v) is 2.93. The van der Waals surface area contributed by atoms with Gasteiger partial charge in [-0.05, 0) is 58.7 Å². The van der Waals surface area contributed by atoms with Gasteiger partial charge in [-0.25, -0.2) is 13.4 Å². The van der Waals surface area contributed by atoms with Gasteiger partial charge in [-0.1, -0.05) is 0 Å². The van der Waals surface area contributed by atoms with Crippen molar-refractivity contribution < 1.29 is 13.2 Å². The third-order valence-corrected chi connectivity index (χ3v) is 4.97. The summed E-state index contributed by atoms with van der Waals surface area (Å²) >= 11 is 3.31. The molecule has 0 aliphatic rings. The lowest BCUT2D eigenvalue weighted by Crippen LogP contribution is -2.14. The van der Waals surface area contributed by atoms with Gasteiger partial charge in [0, 0.05) is 23.3 Å². The second kappa shape index (κ2) is 6.45. The summed E-state index contributed by atoms with van der Waals surface area (Å²) in [7, 11) is -3.73. The minimum absolute atomic E-state index is 0.0870. The Labute approximate surface area is 137 Å². The smallest absolute Gasteiger partial charge is 0.263 e. The molecule has 116 valence electrons. The number of nitrogens with one attached hydrogen (secondary N) is 2. The second-order valence-corrected chi connectivity index (χ2v) is 7.17. The van der Waals surface area contributed by atoms with Gasteiger partial charge in [0.25, 0.3) is 10.0 Å². The van der Waals surface area contributed by atoms with Crippen molar-refractivity contribution >= 4 is 43.4 Å². The van der Waals surface area contributed by atoms with Gasteiger partial charge in [0.05, 0.1) is 4.90 Å². The van der Waals surface area contributed by atoms with Crippen LogP contribution in [0.4, 0.5) is 11.5 Å². The summed E-state index contributed by atoms with van der Waals surface area (Å²) in [6, 6.07) is 7.51. The quantitative estimate of drug-likeness (QED) is 0.849. The van der Waals surface area contributed by atoms with E-state index in [1.807, 2.05) is 6.92 Å². The lowest BCUT2D eigenvalue weighted by molar-refractivity contribution is -0.114. The van der Waals surface area contributed by atoms with Crippen molar-refractivity contribution in [2.24, 2.45) is 0 Å². The number of hydrogen-bond acceptors (Lipinski definition) is 4. The molecule has 0 aliphatic heterocycles. The van der Waals surface area contributed by atoms with E-state index in [0.29, 0.717) is 5.69 Å². The van der Waals surface area contributed by atoms with Crippen LogP contribution in [0.25, 0.3) is 0 Å². The fourth-order valence-electron chi connectivity index (χ4n) is 1.71. The van der Waals surface area contributed by atoms with Crippen molar-refractivity contribution in [2.75, 3.05) is 10.0 Å². The predicted octanol–water partition coefficient (Wildman–Crippen LogP) is 2.91. The molecule has 0 fully saturated rings. The first-order valence-electron chi connectivity index (χ1n) is 6.30. The summed E-state index contributed by atoms with van der Waals surface area (Å²) < 4.78 is 27.8. The molecule has 0 aliphatic carbocycles. The van der Waals surface area contributed by atoms with Gasteiger partial charge < -0.3 is 5.32 Å². The van der Waals surface area contributed by atoms with E-state index in [2.05, 4.69) is 31.0 Å². The van der Waals surface area contributed by atoms with Gasteiger partial charge in [-0.2, -0.15) is 0 Å². The molecule has 2 N–H and O–H groups in total. The highest BCUT2D eigenvalue weighted by atomic mass is 79.9. The number of anilines is 2. The Morgan fingerprint density at radius 1 is 1.23 bits per heavy atom. The van der Waals surface area contributed by atoms with E-state index in [0.717, 1.165) is 10.0 Å². The fraction of sp³-hybridized carbons (Fsp3) is 0.143. The average Bonchev–Trinajstić information content (AvgIpc) is 2.42. The van der Waals surface area contributed by atoms with Gasteiger partial charge in [0.1, 0.15) is 5.82 Å². The summed E-state index contributed by atoms with van der Waals surface area (Å²) in [6.45, 7) is 3.22. The third-order valence-electron chi connectivity index (χ3n) is 2.77. The molecule has 2 rings (SSSR count). The van der Waals surface area contributed by atoms with Crippen LogP contribution in [0, 0.1) is 6.92 Å². The first kappa shape index (κ1) is 16.4. The summed E-state index contributed by atoms with van der Waals surface area (Å²) in [5.41, 5.74) is 1.40. The molecule has 1 aromatic carbocycles. The zero-order valence-corrected chi connectivity index (χ0v) is 14.3. The van der Waals surface area contributed by atoms with Crippen molar-refractivity contribution in [2.45, 2.75) is 18.7 Å². The predicted molar refractivity (Wildman–Crippen MR) is 88.2 cm³/mol. The van der Waals surface area contributed by atoms with Crippen LogP contribution in [0.5, 0.6) is 0 Å². The van der Waals surface area contributed by atoms with Gasteiger partial charge in [0.15, 0.2) is 0 Å². The zero-order valence-electron chi connectivity index (χ0n) is 11.9. The SMILES string of the molecule is CC(=O)Nc1ccc(S(=O)(=O)Nc2cc(C)c(Br)cn2)cc1. The second-order valence-electron chi connectivity index (χ2n) is 4.63. The summed E-state index contributed by atoms with van der Waals surface area (Å²) in [5.74, 6) is 0.0231. The Kier molecular flexibility index (Phi) is 4.82. The van der Waals surface area contributed by atoms with E-state index in [4.69, 9.17) is 0 Å². The van der Waals surface area contributed by atoms with Crippen molar-refractivity contribution in [1.29, 1.82) is 0 Å². The highest BCUT2D eigenvalue weighted by molar-refractivity contribution is 9.10. The molecular formula is C14H14BrN3O3S. The molecule has 0 saturated heterocycles. The molecule has 1 heterocycles. The first-order valence-corrected chi connectivity index (χ1v) is 8.58. The highest BCUT2D eigenvalue weighted by Crippen LogP contribution is 2.20. The first-order chi connectivity index (χ1) is 10.3. The largest absolute Gasteiger partial charge is 0.326 e. The number of aromatic nitrogens is 1. The molecule has 0 unspecified atom stereocenters. The van der Waals surface area contributed by atoms with Gasteiger partial charge >= 0.3 is 0 Å². The van der Waals surface area contributed by atoms with E-state index in [1.165, 1.54) is 37.4 Å². The van der Waals surface area contributed by atoms with Crippen molar-refractivity contribution in [3.63, 3.8) is 0 Å². The van der Waals surface area contributed by atoms with Crippen molar-refractivity contribution in [3.8, 4) is 0 Å². The molecular weight excluding hydrogens is 370 g/mol. The highest BCUT2D eigenvalue weighted by Gasteiger charge is 2.15. The number of hydrogen-bond donors (Lipinski definition) is 2. The number of carbonyl (C=O) groups excluding carboxylic acids is 1. The van der Waals surface area contributed by atoms with Crippen molar-refractivity contribution in [3.05, 3.63) is 46.6 Å². The molecule has 0 radical (unpaired) electrons. The Balaban J connectivity index is 2.22. The maximum atomic E-state index is 12.3. The minimum atomic E-state index is -3.73. The molecule has 0 atom stereocenters. The Bertz CT molecular complexity index is 805. The maximum Gasteiger partial charge on any atom is 0.263 e. The van der Waals surface area contributed by atoms with Gasteiger partial charge in [0.2, 0.25) is 5.91 Å². The van der Waals surface area contributed by atoms with E-state index < -0.39 is 10.0 Å². The number of amides is 1. The number of sulfonamides is 1. The monoisotopic (exact) mass is 383 g/mol. The van der Waals surface area contributed by atoms with Crippen LogP contribution in [0.3, 0.4) is 0 Å². The van der Waals surface area contributed by atoms with Crippen LogP contribution >= 0.6 is 15.9 Å². The number of halogens is 1. The maximum absolute atomic E-state index is 12.3. The lowest BCUT2D eigenvalue weighted by atomic mass is 10.3. The van der Waals surface area contributed by atoms with Crippen LogP contribution in [0.15, 0.2) is 45.9 Å². The zero-order chi connectivity index (χ0) is 16.3. The number of carbonyl (C=O) groups is 1. The average molecular weight is 384 g/mol. The Morgan fingerprint density at radius 2 is 1.86 bits per heavy atom. The summed E-state index contributed by atoms with van der Waals surface area (Å²) in [5, 5.41) is 2.58. The van der Waals surface area contributed by atoms with Crippen LogP contribution in [-0.4, -0.2) is 19.3 Å². The summed E-state index contributed by atoms with van der Waals surface area (Å²) in [6.07, 6.45) is 1.53. The van der Waals surface area contributed by atoms with Crippen LogP contribution in [0.1, 0.15) is 12.5 Å². The molecule has 6 nitrogen and oxygen atoms in total. The number of pyridine rings is 1. The Morgan fingerprint density at radius 3 is 2.41 bits per heavy atom. The van der Waals surface area contributed by atoms with Gasteiger partial charge in [-0.15, -0.1) is 0 Å². The number of rotatable bonds is 4. The van der Waals surface area contributed by atoms with Crippen LogP contribution in [-0.2, 0) is 14.8 Å². The minimum Gasteiger partial charge on any atom is -0.326 e. The number of aryl methyl sites for hydroxylation is 1. The standard InChI is InChI=1S/C14H14BrN3O3S/c1-9-7-14(16-8-13(9)15)18-22(20,21)12-5-3-11(4-6-12)17-10(2)19/h3-8H,1-2H3,(H,16,18)(H,17,19). The lowest BCUT2D eigenvalue weighted by Gasteiger charge is -2.09. The third kappa shape index (κ3) is 4.05.